The maximum atomic E-state index is 13.0. The third-order valence-electron chi connectivity index (χ3n) is 5.63. The van der Waals surface area contributed by atoms with Crippen LogP contribution in [0.3, 0.4) is 0 Å². The van der Waals surface area contributed by atoms with Crippen LogP contribution in [0.1, 0.15) is 28.8 Å². The summed E-state index contributed by atoms with van der Waals surface area (Å²) >= 11 is 6.24. The van der Waals surface area contributed by atoms with E-state index in [1.807, 2.05) is 6.92 Å². The SMILES string of the molecule is COc1ccc(N2C(=O)C(Cl)=C(Nc3cc(C(=O)NCC4CCCO4)ccc3C)C2=O)cc1. The van der Waals surface area contributed by atoms with Gasteiger partial charge in [-0.2, -0.15) is 0 Å². The standard InChI is InChI=1S/C24H24ClN3O5/c1-14-5-6-15(22(29)26-13-18-4-3-11-33-18)12-19(14)27-21-20(25)23(30)28(24(21)31)16-7-9-17(32-2)10-8-16/h5-10,12,18,27H,3-4,11,13H2,1-2H3,(H,26,29). The first-order valence-electron chi connectivity index (χ1n) is 10.6. The summed E-state index contributed by atoms with van der Waals surface area (Å²) < 4.78 is 10.7. The van der Waals surface area contributed by atoms with Crippen molar-refractivity contribution < 1.29 is 23.9 Å². The maximum absolute atomic E-state index is 13.0. The average molecular weight is 470 g/mol. The molecule has 2 aromatic carbocycles. The first kappa shape index (κ1) is 22.8. The van der Waals surface area contributed by atoms with Crippen LogP contribution in [0.5, 0.6) is 5.75 Å². The number of carbonyl (C=O) groups is 3. The van der Waals surface area contributed by atoms with Gasteiger partial charge in [-0.25, -0.2) is 4.90 Å². The molecule has 1 atom stereocenters. The number of amides is 3. The molecule has 172 valence electrons. The highest BCUT2D eigenvalue weighted by molar-refractivity contribution is 6.53. The van der Waals surface area contributed by atoms with Crippen LogP contribution >= 0.6 is 11.6 Å². The Balaban J connectivity index is 1.51. The molecule has 0 aliphatic carbocycles. The van der Waals surface area contributed by atoms with Crippen LogP contribution in [0.2, 0.25) is 0 Å². The smallest absolute Gasteiger partial charge is 0.283 e. The fourth-order valence-corrected chi connectivity index (χ4v) is 3.94. The topological polar surface area (TPSA) is 97.0 Å². The zero-order chi connectivity index (χ0) is 23.5. The van der Waals surface area contributed by atoms with Crippen molar-refractivity contribution in [3.8, 4) is 5.75 Å². The molecule has 1 unspecified atom stereocenters. The minimum Gasteiger partial charge on any atom is -0.497 e. The van der Waals surface area contributed by atoms with Gasteiger partial charge in [-0.05, 0) is 61.7 Å². The molecule has 2 heterocycles. The van der Waals surface area contributed by atoms with Crippen LogP contribution in [-0.2, 0) is 14.3 Å². The lowest BCUT2D eigenvalue weighted by molar-refractivity contribution is -0.120. The highest BCUT2D eigenvalue weighted by Gasteiger charge is 2.39. The molecule has 9 heteroatoms. The van der Waals surface area contributed by atoms with E-state index in [0.29, 0.717) is 29.2 Å². The Morgan fingerprint density at radius 3 is 2.61 bits per heavy atom. The van der Waals surface area contributed by atoms with Crippen LogP contribution in [0, 0.1) is 6.92 Å². The lowest BCUT2D eigenvalue weighted by Gasteiger charge is -2.16. The van der Waals surface area contributed by atoms with Gasteiger partial charge in [0.1, 0.15) is 16.5 Å². The number of anilines is 2. The predicted molar refractivity (Wildman–Crippen MR) is 124 cm³/mol. The normalized spacial score (nSPS) is 18.2. The number of carbonyl (C=O) groups excluding carboxylic acids is 3. The van der Waals surface area contributed by atoms with Gasteiger partial charge in [-0.15, -0.1) is 0 Å². The van der Waals surface area contributed by atoms with Gasteiger partial charge >= 0.3 is 0 Å². The zero-order valence-electron chi connectivity index (χ0n) is 18.3. The number of imide groups is 1. The highest BCUT2D eigenvalue weighted by atomic mass is 35.5. The van der Waals surface area contributed by atoms with E-state index in [0.717, 1.165) is 29.9 Å². The van der Waals surface area contributed by atoms with E-state index in [1.165, 1.54) is 7.11 Å². The van der Waals surface area contributed by atoms with Gasteiger partial charge in [0, 0.05) is 24.4 Å². The molecular weight excluding hydrogens is 446 g/mol. The molecule has 2 aromatic rings. The van der Waals surface area contributed by atoms with Crippen LogP contribution in [-0.4, -0.2) is 44.1 Å². The van der Waals surface area contributed by atoms with Crippen molar-refractivity contribution in [2.45, 2.75) is 25.9 Å². The van der Waals surface area contributed by atoms with Gasteiger partial charge < -0.3 is 20.1 Å². The molecule has 0 aromatic heterocycles. The summed E-state index contributed by atoms with van der Waals surface area (Å²) in [7, 11) is 1.53. The summed E-state index contributed by atoms with van der Waals surface area (Å²) in [5.74, 6) is -0.858. The van der Waals surface area contributed by atoms with Crippen molar-refractivity contribution in [2.75, 3.05) is 30.5 Å². The molecular formula is C24H24ClN3O5. The lowest BCUT2D eigenvalue weighted by atomic mass is 10.1. The fourth-order valence-electron chi connectivity index (χ4n) is 3.72. The van der Waals surface area contributed by atoms with Crippen molar-refractivity contribution in [1.29, 1.82) is 0 Å². The quantitative estimate of drug-likeness (QED) is 0.604. The van der Waals surface area contributed by atoms with Crippen molar-refractivity contribution in [3.63, 3.8) is 0 Å². The number of hydrogen-bond donors (Lipinski definition) is 2. The van der Waals surface area contributed by atoms with E-state index >= 15 is 0 Å². The molecule has 0 saturated carbocycles. The zero-order valence-corrected chi connectivity index (χ0v) is 19.1. The third-order valence-corrected chi connectivity index (χ3v) is 5.98. The summed E-state index contributed by atoms with van der Waals surface area (Å²) in [4.78, 5) is 39.3. The number of aryl methyl sites for hydroxylation is 1. The highest BCUT2D eigenvalue weighted by Crippen LogP contribution is 2.32. The first-order chi connectivity index (χ1) is 15.9. The summed E-state index contributed by atoms with van der Waals surface area (Å²) in [5.41, 5.74) is 2.04. The van der Waals surface area contributed by atoms with E-state index in [4.69, 9.17) is 21.1 Å². The van der Waals surface area contributed by atoms with Gasteiger partial charge in [0.25, 0.3) is 17.7 Å². The second kappa shape index (κ2) is 9.64. The number of nitrogens with one attached hydrogen (secondary N) is 2. The number of rotatable bonds is 7. The Morgan fingerprint density at radius 2 is 1.94 bits per heavy atom. The van der Waals surface area contributed by atoms with Gasteiger partial charge in [0.15, 0.2) is 0 Å². The molecule has 0 spiro atoms. The third kappa shape index (κ3) is 4.72. The van der Waals surface area contributed by atoms with Crippen LogP contribution in [0.4, 0.5) is 11.4 Å². The number of halogens is 1. The lowest BCUT2D eigenvalue weighted by Crippen LogP contribution is -2.32. The Kier molecular flexibility index (Phi) is 6.67. The van der Waals surface area contributed by atoms with E-state index in [2.05, 4.69) is 10.6 Å². The molecule has 2 N–H and O–H groups in total. The predicted octanol–water partition coefficient (Wildman–Crippen LogP) is 3.35. The van der Waals surface area contributed by atoms with E-state index in [1.54, 1.807) is 42.5 Å². The second-order valence-corrected chi connectivity index (χ2v) is 8.21. The Labute approximate surface area is 196 Å². The van der Waals surface area contributed by atoms with Crippen LogP contribution in [0.25, 0.3) is 0 Å². The molecule has 0 radical (unpaired) electrons. The Bertz CT molecular complexity index is 1120. The first-order valence-corrected chi connectivity index (χ1v) is 11.0. The van der Waals surface area contributed by atoms with Gasteiger partial charge in [0.2, 0.25) is 0 Å². The van der Waals surface area contributed by atoms with Crippen molar-refractivity contribution in [3.05, 3.63) is 64.3 Å². The number of hydrogen-bond acceptors (Lipinski definition) is 6. The number of benzene rings is 2. The summed E-state index contributed by atoms with van der Waals surface area (Å²) in [6, 6.07) is 11.6. The molecule has 1 saturated heterocycles. The van der Waals surface area contributed by atoms with E-state index in [9.17, 15) is 14.4 Å². The number of nitrogens with zero attached hydrogens (tertiary/aromatic N) is 1. The van der Waals surface area contributed by atoms with E-state index < -0.39 is 11.8 Å². The molecule has 4 rings (SSSR count). The van der Waals surface area contributed by atoms with Gasteiger partial charge in [-0.1, -0.05) is 17.7 Å². The minimum atomic E-state index is -0.627. The van der Waals surface area contributed by atoms with Crippen LogP contribution < -0.4 is 20.3 Å². The molecule has 0 bridgehead atoms. The second-order valence-electron chi connectivity index (χ2n) is 7.83. The summed E-state index contributed by atoms with van der Waals surface area (Å²) in [6.45, 7) is 2.99. The largest absolute Gasteiger partial charge is 0.497 e. The molecule has 2 aliphatic heterocycles. The minimum absolute atomic E-state index is 0.0343. The fraction of sp³-hybridized carbons (Fsp3) is 0.292. The molecule has 2 aliphatic rings. The molecule has 8 nitrogen and oxygen atoms in total. The number of ether oxygens (including phenoxy) is 2. The Hall–Kier alpha value is -3.36. The summed E-state index contributed by atoms with van der Waals surface area (Å²) in [6.07, 6.45) is 1.95. The van der Waals surface area contributed by atoms with Crippen molar-refractivity contribution in [2.24, 2.45) is 0 Å². The monoisotopic (exact) mass is 469 g/mol. The molecule has 33 heavy (non-hydrogen) atoms. The number of methoxy groups -OCH3 is 1. The van der Waals surface area contributed by atoms with Crippen molar-refractivity contribution >= 4 is 40.7 Å². The Morgan fingerprint density at radius 1 is 1.18 bits per heavy atom. The maximum Gasteiger partial charge on any atom is 0.283 e. The summed E-state index contributed by atoms with van der Waals surface area (Å²) in [5, 5.41) is 5.62. The van der Waals surface area contributed by atoms with Crippen molar-refractivity contribution in [1.82, 2.24) is 5.32 Å². The van der Waals surface area contributed by atoms with Gasteiger partial charge in [-0.3, -0.25) is 14.4 Å². The molecule has 3 amide bonds. The van der Waals surface area contributed by atoms with E-state index in [-0.39, 0.29) is 22.7 Å². The molecule has 1 fully saturated rings. The average Bonchev–Trinajstić information content (AvgIpc) is 3.42. The van der Waals surface area contributed by atoms with Crippen LogP contribution in [0.15, 0.2) is 53.2 Å². The van der Waals surface area contributed by atoms with Gasteiger partial charge in [0.05, 0.1) is 18.9 Å².